The summed E-state index contributed by atoms with van der Waals surface area (Å²) in [6.45, 7) is 9.66. The number of esters is 1. The van der Waals surface area contributed by atoms with Crippen molar-refractivity contribution in [3.05, 3.63) is 84.4 Å². The molecule has 4 rings (SSSR count). The number of benzene rings is 1. The van der Waals surface area contributed by atoms with E-state index in [2.05, 4.69) is 4.99 Å². The molecule has 3 heterocycles. The van der Waals surface area contributed by atoms with Gasteiger partial charge in [0, 0.05) is 6.08 Å². The third kappa shape index (κ3) is 4.57. The lowest BCUT2D eigenvalue weighted by Crippen LogP contribution is -2.40. The van der Waals surface area contributed by atoms with E-state index < -0.39 is 12.0 Å². The largest absolute Gasteiger partial charge is 0.494 e. The number of rotatable bonds is 6. The van der Waals surface area contributed by atoms with Gasteiger partial charge in [-0.25, -0.2) is 9.79 Å². The summed E-state index contributed by atoms with van der Waals surface area (Å²) >= 11 is 1.26. The van der Waals surface area contributed by atoms with Crippen LogP contribution in [0.5, 0.6) is 5.75 Å². The van der Waals surface area contributed by atoms with Crippen LogP contribution >= 0.6 is 11.3 Å². The van der Waals surface area contributed by atoms with Crippen LogP contribution in [0.15, 0.2) is 61.9 Å². The molecular weight excluding hydrogens is 440 g/mol. The van der Waals surface area contributed by atoms with Gasteiger partial charge in [0.25, 0.3) is 5.56 Å². The highest BCUT2D eigenvalue weighted by molar-refractivity contribution is 7.07. The number of allylic oxidation sites excluding steroid dienone is 1. The molecule has 1 aromatic carbocycles. The van der Waals surface area contributed by atoms with Crippen molar-refractivity contribution < 1.29 is 18.7 Å². The summed E-state index contributed by atoms with van der Waals surface area (Å²) in [6, 6.07) is 10.4. The minimum Gasteiger partial charge on any atom is -0.494 e. The summed E-state index contributed by atoms with van der Waals surface area (Å²) in [5.74, 6) is 1.58. The van der Waals surface area contributed by atoms with E-state index in [9.17, 15) is 9.59 Å². The number of aromatic nitrogens is 1. The van der Waals surface area contributed by atoms with Gasteiger partial charge >= 0.3 is 5.97 Å². The van der Waals surface area contributed by atoms with Crippen molar-refractivity contribution in [3.63, 3.8) is 0 Å². The molecule has 7 nitrogen and oxygen atoms in total. The number of carbonyl (C=O) groups excluding carboxylic acids is 1. The molecule has 1 aliphatic rings. The van der Waals surface area contributed by atoms with Gasteiger partial charge in [-0.3, -0.25) is 9.36 Å². The van der Waals surface area contributed by atoms with E-state index in [1.165, 1.54) is 11.3 Å². The lowest BCUT2D eigenvalue weighted by Gasteiger charge is -2.25. The topological polar surface area (TPSA) is 83.0 Å². The van der Waals surface area contributed by atoms with Crippen LogP contribution in [0.3, 0.4) is 0 Å². The smallest absolute Gasteiger partial charge is 0.338 e. The Bertz CT molecular complexity index is 1390. The second-order valence-corrected chi connectivity index (χ2v) is 9.00. The number of carbonyl (C=O) groups is 1. The van der Waals surface area contributed by atoms with Crippen molar-refractivity contribution in [1.82, 2.24) is 4.57 Å². The van der Waals surface area contributed by atoms with Crippen molar-refractivity contribution >= 4 is 23.4 Å². The normalized spacial score (nSPS) is 16.1. The van der Waals surface area contributed by atoms with Gasteiger partial charge in [-0.05, 0) is 64.4 Å². The van der Waals surface area contributed by atoms with Gasteiger partial charge in [0.2, 0.25) is 0 Å². The van der Waals surface area contributed by atoms with Gasteiger partial charge < -0.3 is 13.9 Å². The van der Waals surface area contributed by atoms with Gasteiger partial charge in [-0.15, -0.1) is 0 Å². The molecule has 172 valence electrons. The maximum absolute atomic E-state index is 13.5. The van der Waals surface area contributed by atoms with Gasteiger partial charge in [0.15, 0.2) is 4.80 Å². The van der Waals surface area contributed by atoms with Crippen molar-refractivity contribution in [2.45, 2.75) is 46.8 Å². The van der Waals surface area contributed by atoms with Gasteiger partial charge in [-0.2, -0.15) is 0 Å². The van der Waals surface area contributed by atoms with Crippen LogP contribution in [-0.4, -0.2) is 23.2 Å². The van der Waals surface area contributed by atoms with Crippen molar-refractivity contribution in [2.75, 3.05) is 6.61 Å². The molecule has 0 aliphatic carbocycles. The summed E-state index contributed by atoms with van der Waals surface area (Å²) in [5, 5.41) is 0. The van der Waals surface area contributed by atoms with Crippen LogP contribution in [0.2, 0.25) is 0 Å². The fourth-order valence-corrected chi connectivity index (χ4v) is 4.78. The minimum atomic E-state index is -0.663. The Hall–Kier alpha value is -3.39. The zero-order valence-corrected chi connectivity index (χ0v) is 20.1. The molecule has 0 saturated heterocycles. The van der Waals surface area contributed by atoms with Crippen LogP contribution in [0.1, 0.15) is 50.8 Å². The summed E-state index contributed by atoms with van der Waals surface area (Å²) in [5.41, 5.74) is 1.40. The van der Waals surface area contributed by atoms with Crippen LogP contribution in [0.25, 0.3) is 6.08 Å². The molecule has 0 unspecified atom stereocenters. The van der Waals surface area contributed by atoms with Gasteiger partial charge in [0.05, 0.1) is 34.6 Å². The average Bonchev–Trinajstić information content (AvgIpc) is 3.30. The third-order valence-electron chi connectivity index (χ3n) is 5.13. The fourth-order valence-electron chi connectivity index (χ4n) is 3.75. The number of fused-ring (bicyclic) bond motifs is 1. The van der Waals surface area contributed by atoms with Gasteiger partial charge in [0.1, 0.15) is 17.3 Å². The SMILES string of the molecule is CCOc1ccc([C@H]2C(C(=O)OC(C)C)=C(C)N=c3s/c(=C/c4ccc(C)o4)c(=O)n32)cc1. The number of ether oxygens (including phenoxy) is 2. The van der Waals surface area contributed by atoms with E-state index in [0.717, 1.165) is 11.3 Å². The van der Waals surface area contributed by atoms with Crippen LogP contribution in [0.4, 0.5) is 0 Å². The number of furan rings is 1. The molecule has 0 radical (unpaired) electrons. The Labute approximate surface area is 195 Å². The van der Waals surface area contributed by atoms with Crippen molar-refractivity contribution in [3.8, 4) is 5.75 Å². The van der Waals surface area contributed by atoms with E-state index in [1.54, 1.807) is 31.4 Å². The first-order chi connectivity index (χ1) is 15.8. The first-order valence-electron chi connectivity index (χ1n) is 10.8. The number of thiazole rings is 1. The van der Waals surface area contributed by atoms with E-state index >= 15 is 0 Å². The third-order valence-corrected chi connectivity index (χ3v) is 6.11. The van der Waals surface area contributed by atoms with Crippen molar-refractivity contribution in [1.29, 1.82) is 0 Å². The number of aryl methyl sites for hydroxylation is 1. The van der Waals surface area contributed by atoms with E-state index in [1.807, 2.05) is 50.2 Å². The molecule has 2 aromatic heterocycles. The number of nitrogens with zero attached hydrogens (tertiary/aromatic N) is 2. The second kappa shape index (κ2) is 9.23. The molecule has 0 fully saturated rings. The summed E-state index contributed by atoms with van der Waals surface area (Å²) < 4.78 is 18.7. The first kappa shape index (κ1) is 22.8. The standard InChI is InChI=1S/C25H26N2O5S/c1-6-30-18-11-8-17(9-12-18)22-21(24(29)31-14(2)3)16(5)26-25-27(22)23(28)20(33-25)13-19-10-7-15(4)32-19/h7-14,22H,6H2,1-5H3/b20-13+/t22-/m0/s1. The van der Waals surface area contributed by atoms with Crippen molar-refractivity contribution in [2.24, 2.45) is 4.99 Å². The lowest BCUT2D eigenvalue weighted by atomic mass is 9.96. The average molecular weight is 467 g/mol. The molecule has 0 saturated carbocycles. The highest BCUT2D eigenvalue weighted by Gasteiger charge is 2.33. The highest BCUT2D eigenvalue weighted by atomic mass is 32.1. The molecule has 3 aromatic rings. The van der Waals surface area contributed by atoms with Crippen LogP contribution in [-0.2, 0) is 9.53 Å². The number of hydrogen-bond acceptors (Lipinski definition) is 7. The summed E-state index contributed by atoms with van der Waals surface area (Å²) in [7, 11) is 0. The Kier molecular flexibility index (Phi) is 6.37. The molecule has 1 aliphatic heterocycles. The number of hydrogen-bond donors (Lipinski definition) is 0. The summed E-state index contributed by atoms with van der Waals surface area (Å²) in [4.78, 5) is 31.7. The minimum absolute atomic E-state index is 0.242. The molecule has 0 N–H and O–H groups in total. The predicted octanol–water partition coefficient (Wildman–Crippen LogP) is 3.49. The van der Waals surface area contributed by atoms with Crippen LogP contribution < -0.4 is 19.6 Å². The zero-order chi connectivity index (χ0) is 23.7. The molecule has 1 atom stereocenters. The monoisotopic (exact) mass is 466 g/mol. The van der Waals surface area contributed by atoms with Gasteiger partial charge in [-0.1, -0.05) is 23.5 Å². The maximum atomic E-state index is 13.5. The quantitative estimate of drug-likeness (QED) is 0.520. The molecule has 0 spiro atoms. The maximum Gasteiger partial charge on any atom is 0.338 e. The Morgan fingerprint density at radius 1 is 1.21 bits per heavy atom. The Balaban J connectivity index is 1.91. The Morgan fingerprint density at radius 3 is 2.55 bits per heavy atom. The van der Waals surface area contributed by atoms with Crippen LogP contribution in [0, 0.1) is 6.92 Å². The van der Waals surface area contributed by atoms with E-state index in [4.69, 9.17) is 13.9 Å². The second-order valence-electron chi connectivity index (χ2n) is 7.99. The predicted molar refractivity (Wildman–Crippen MR) is 126 cm³/mol. The summed E-state index contributed by atoms with van der Waals surface area (Å²) in [6.07, 6.45) is 1.41. The van der Waals surface area contributed by atoms with E-state index in [-0.39, 0.29) is 11.7 Å². The molecule has 8 heteroatoms. The molecule has 33 heavy (non-hydrogen) atoms. The zero-order valence-electron chi connectivity index (χ0n) is 19.2. The molecular formula is C25H26N2O5S. The molecule has 0 bridgehead atoms. The molecule has 0 amide bonds. The fraction of sp³-hybridized carbons (Fsp3) is 0.320. The Morgan fingerprint density at radius 2 is 1.94 bits per heavy atom. The first-order valence-corrected chi connectivity index (χ1v) is 11.6. The van der Waals surface area contributed by atoms with E-state index in [0.29, 0.717) is 38.7 Å². The highest BCUT2D eigenvalue weighted by Crippen LogP contribution is 2.32. The lowest BCUT2D eigenvalue weighted by molar-refractivity contribution is -0.143.